The maximum absolute atomic E-state index is 13.1. The van der Waals surface area contributed by atoms with E-state index in [1.54, 1.807) is 43.3 Å². The maximum Gasteiger partial charge on any atom is 0.272 e. The van der Waals surface area contributed by atoms with Crippen LogP contribution < -0.4 is 14.8 Å². The van der Waals surface area contributed by atoms with E-state index < -0.39 is 31.4 Å². The smallest absolute Gasteiger partial charge is 0.272 e. The van der Waals surface area contributed by atoms with Crippen molar-refractivity contribution in [1.29, 1.82) is 0 Å². The number of nitrogens with zero attached hydrogens (tertiary/aromatic N) is 3. The van der Waals surface area contributed by atoms with Crippen molar-refractivity contribution in [3.05, 3.63) is 93.0 Å². The molecule has 0 saturated carbocycles. The Balaban J connectivity index is 1.78. The Hall–Kier alpha value is -4.24. The molecule has 210 valence electrons. The Morgan fingerprint density at radius 1 is 1.20 bits per heavy atom. The fraction of sp³-hybridized carbons (Fsp3) is 0.200. The number of amides is 1. The van der Waals surface area contributed by atoms with Crippen molar-refractivity contribution in [1.82, 2.24) is 19.8 Å². The molecule has 2 N–H and O–H groups in total. The van der Waals surface area contributed by atoms with E-state index in [9.17, 15) is 23.3 Å². The molecule has 2 aromatic carbocycles. The number of aromatic nitrogens is 2. The number of benzene rings is 2. The molecule has 13 nitrogen and oxygen atoms in total. The molecule has 0 aliphatic carbocycles. The van der Waals surface area contributed by atoms with Crippen LogP contribution in [-0.2, 0) is 21.3 Å². The Labute approximate surface area is 233 Å². The second-order valence-electron chi connectivity index (χ2n) is 8.31. The summed E-state index contributed by atoms with van der Waals surface area (Å²) in [7, 11) is -2.87. The lowest BCUT2D eigenvalue weighted by Crippen LogP contribution is -2.27. The van der Waals surface area contributed by atoms with Gasteiger partial charge in [0.15, 0.2) is 5.69 Å². The van der Waals surface area contributed by atoms with Crippen molar-refractivity contribution in [2.75, 3.05) is 20.3 Å². The van der Waals surface area contributed by atoms with Crippen LogP contribution >= 0.6 is 11.6 Å². The molecule has 0 saturated heterocycles. The lowest BCUT2D eigenvalue weighted by molar-refractivity contribution is -0.385. The summed E-state index contributed by atoms with van der Waals surface area (Å²) in [5, 5.41) is 19.0. The molecule has 0 unspecified atom stereocenters. The monoisotopic (exact) mass is 589 g/mol. The number of methoxy groups -OCH3 is 1. The van der Waals surface area contributed by atoms with Gasteiger partial charge >= 0.3 is 0 Å². The number of hydrogen-bond donors (Lipinski definition) is 2. The molecule has 1 amide bonds. The van der Waals surface area contributed by atoms with E-state index >= 15 is 0 Å². The first-order chi connectivity index (χ1) is 19.1. The molecular weight excluding hydrogens is 566 g/mol. The van der Waals surface area contributed by atoms with Crippen molar-refractivity contribution < 1.29 is 32.0 Å². The van der Waals surface area contributed by atoms with Crippen LogP contribution in [0.25, 0.3) is 5.69 Å². The molecule has 0 radical (unpaired) electrons. The molecule has 0 aliphatic rings. The van der Waals surface area contributed by atoms with Crippen molar-refractivity contribution in [2.45, 2.75) is 18.4 Å². The summed E-state index contributed by atoms with van der Waals surface area (Å²) in [6, 6.07) is 13.0. The summed E-state index contributed by atoms with van der Waals surface area (Å²) >= 11 is 6.04. The van der Waals surface area contributed by atoms with Crippen molar-refractivity contribution in [3.8, 4) is 17.3 Å². The number of nitrogens with one attached hydrogen (secondary N) is 2. The van der Waals surface area contributed by atoms with Crippen LogP contribution in [0.5, 0.6) is 11.6 Å². The van der Waals surface area contributed by atoms with Crippen molar-refractivity contribution >= 4 is 33.2 Å². The van der Waals surface area contributed by atoms with Crippen LogP contribution in [0.2, 0.25) is 5.02 Å². The van der Waals surface area contributed by atoms with Gasteiger partial charge in [-0.25, -0.2) is 13.1 Å². The summed E-state index contributed by atoms with van der Waals surface area (Å²) in [5.74, 6) is -0.227. The number of hydrogen-bond acceptors (Lipinski definition) is 9. The number of non-ortho nitro benzene ring substituents is 1. The van der Waals surface area contributed by atoms with Gasteiger partial charge in [0.2, 0.25) is 15.9 Å². The standard InChI is InChI=1S/C25H24ClN5O8S/c1-16-23(24(32)27-15-20-4-3-12-38-20)29-30(18-7-5-17(26)6-8-18)25(16)39-21-10-9-19(31(33)34)14-22(21)40(35,36)28-11-13-37-2/h3-10,12,14,28H,11,13,15H2,1-2H3,(H,27,32). The predicted molar refractivity (Wildman–Crippen MR) is 143 cm³/mol. The molecular formula is C25H24ClN5O8S. The first-order valence-electron chi connectivity index (χ1n) is 11.7. The van der Waals surface area contributed by atoms with Gasteiger partial charge in [-0.05, 0) is 49.4 Å². The maximum atomic E-state index is 13.1. The Kier molecular flexibility index (Phi) is 8.84. The second kappa shape index (κ2) is 12.3. The highest BCUT2D eigenvalue weighted by atomic mass is 35.5. The fourth-order valence-electron chi connectivity index (χ4n) is 3.60. The van der Waals surface area contributed by atoms with E-state index in [0.29, 0.717) is 16.5 Å². The van der Waals surface area contributed by atoms with Gasteiger partial charge in [-0.2, -0.15) is 9.78 Å². The van der Waals surface area contributed by atoms with Crippen LogP contribution in [0.4, 0.5) is 5.69 Å². The van der Waals surface area contributed by atoms with Gasteiger partial charge < -0.3 is 19.2 Å². The van der Waals surface area contributed by atoms with Crippen LogP contribution in [0.1, 0.15) is 21.8 Å². The zero-order chi connectivity index (χ0) is 28.9. The molecule has 2 aromatic heterocycles. The molecule has 15 heteroatoms. The van der Waals surface area contributed by atoms with Crippen molar-refractivity contribution in [2.24, 2.45) is 0 Å². The lowest BCUT2D eigenvalue weighted by Gasteiger charge is -2.14. The Bertz CT molecular complexity index is 1620. The second-order valence-corrected chi connectivity index (χ2v) is 10.5. The molecule has 4 aromatic rings. The van der Waals surface area contributed by atoms with Gasteiger partial charge in [0, 0.05) is 36.4 Å². The van der Waals surface area contributed by atoms with Gasteiger partial charge in [-0.15, -0.1) is 0 Å². The number of halogens is 1. The minimum absolute atomic E-state index is 0.000967. The molecule has 40 heavy (non-hydrogen) atoms. The lowest BCUT2D eigenvalue weighted by atomic mass is 10.2. The Morgan fingerprint density at radius 3 is 2.60 bits per heavy atom. The minimum Gasteiger partial charge on any atom is -0.467 e. The third-order valence-corrected chi connectivity index (χ3v) is 7.32. The van der Waals surface area contributed by atoms with Crippen LogP contribution in [0, 0.1) is 17.0 Å². The first-order valence-corrected chi connectivity index (χ1v) is 13.6. The van der Waals surface area contributed by atoms with Crippen molar-refractivity contribution in [3.63, 3.8) is 0 Å². The van der Waals surface area contributed by atoms with E-state index in [4.69, 9.17) is 25.5 Å². The van der Waals surface area contributed by atoms with Crippen LogP contribution in [-0.4, -0.2) is 49.3 Å². The number of furan rings is 1. The van der Waals surface area contributed by atoms with Crippen LogP contribution in [0.15, 0.2) is 70.2 Å². The quantitative estimate of drug-likeness (QED) is 0.141. The largest absolute Gasteiger partial charge is 0.467 e. The number of ether oxygens (including phenoxy) is 2. The predicted octanol–water partition coefficient (Wildman–Crippen LogP) is 3.98. The SMILES string of the molecule is COCCNS(=O)(=O)c1cc([N+](=O)[O-])ccc1Oc1c(C)c(C(=O)NCc2ccco2)nn1-c1ccc(Cl)cc1. The number of carbonyl (C=O) groups excluding carboxylic acids is 1. The summed E-state index contributed by atoms with van der Waals surface area (Å²) in [5.41, 5.74) is 0.277. The number of nitro groups is 1. The highest BCUT2D eigenvalue weighted by molar-refractivity contribution is 7.89. The van der Waals surface area contributed by atoms with E-state index in [1.807, 2.05) is 0 Å². The number of rotatable bonds is 12. The summed E-state index contributed by atoms with van der Waals surface area (Å²) in [6.45, 7) is 1.67. The number of nitro benzene ring substituents is 1. The number of carbonyl (C=O) groups is 1. The summed E-state index contributed by atoms with van der Waals surface area (Å²) in [6.07, 6.45) is 1.48. The van der Waals surface area contributed by atoms with E-state index in [2.05, 4.69) is 15.1 Å². The normalized spacial score (nSPS) is 11.4. The van der Waals surface area contributed by atoms with E-state index in [1.165, 1.54) is 18.1 Å². The zero-order valence-corrected chi connectivity index (χ0v) is 22.9. The summed E-state index contributed by atoms with van der Waals surface area (Å²) < 4.78 is 46.0. The average Bonchev–Trinajstić information content (AvgIpc) is 3.56. The molecule has 0 atom stereocenters. The van der Waals surface area contributed by atoms with Gasteiger partial charge in [-0.1, -0.05) is 11.6 Å². The molecule has 4 rings (SSSR count). The van der Waals surface area contributed by atoms with Gasteiger partial charge in [0.05, 0.1) is 30.0 Å². The van der Waals surface area contributed by atoms with Crippen LogP contribution in [0.3, 0.4) is 0 Å². The summed E-state index contributed by atoms with van der Waals surface area (Å²) in [4.78, 5) is 23.3. The molecule has 0 fully saturated rings. The molecule has 0 bridgehead atoms. The Morgan fingerprint density at radius 2 is 1.95 bits per heavy atom. The molecule has 2 heterocycles. The number of sulfonamides is 1. The van der Waals surface area contributed by atoms with Gasteiger partial charge in [0.25, 0.3) is 11.6 Å². The van der Waals surface area contributed by atoms with E-state index in [-0.39, 0.29) is 42.6 Å². The third-order valence-electron chi connectivity index (χ3n) is 5.59. The molecule has 0 aliphatic heterocycles. The highest BCUT2D eigenvalue weighted by Crippen LogP contribution is 2.35. The van der Waals surface area contributed by atoms with Gasteiger partial charge in [-0.3, -0.25) is 14.9 Å². The fourth-order valence-corrected chi connectivity index (χ4v) is 4.89. The van der Waals surface area contributed by atoms with Gasteiger partial charge in [0.1, 0.15) is 16.4 Å². The molecule has 0 spiro atoms. The minimum atomic E-state index is -4.27. The zero-order valence-electron chi connectivity index (χ0n) is 21.3. The first kappa shape index (κ1) is 28.8. The van der Waals surface area contributed by atoms with E-state index in [0.717, 1.165) is 18.2 Å². The third kappa shape index (κ3) is 6.48. The average molecular weight is 590 g/mol. The topological polar surface area (TPSA) is 168 Å². The highest BCUT2D eigenvalue weighted by Gasteiger charge is 2.28.